The van der Waals surface area contributed by atoms with Crippen LogP contribution in [0.4, 0.5) is 0 Å². The fraction of sp³-hybridized carbons (Fsp3) is 0.818. The zero-order chi connectivity index (χ0) is 12.6. The van der Waals surface area contributed by atoms with Crippen LogP contribution in [0.5, 0.6) is 0 Å². The van der Waals surface area contributed by atoms with Crippen molar-refractivity contribution in [1.29, 1.82) is 0 Å². The molecule has 0 saturated carbocycles. The maximum Gasteiger partial charge on any atom is 0.246 e. The van der Waals surface area contributed by atoms with Crippen molar-refractivity contribution >= 4 is 11.8 Å². The molecule has 0 heterocycles. The summed E-state index contributed by atoms with van der Waals surface area (Å²) in [5.74, 6) is 0.0352. The monoisotopic (exact) mass is 229 g/mol. The van der Waals surface area contributed by atoms with Crippen LogP contribution >= 0.6 is 0 Å². The van der Waals surface area contributed by atoms with Crippen LogP contribution in [-0.4, -0.2) is 38.5 Å². The summed E-state index contributed by atoms with van der Waals surface area (Å²) in [7, 11) is 3.04. The highest BCUT2D eigenvalue weighted by molar-refractivity contribution is 6.04. The van der Waals surface area contributed by atoms with Gasteiger partial charge in [-0.25, -0.2) is 0 Å². The van der Waals surface area contributed by atoms with E-state index in [1.54, 1.807) is 0 Å². The Labute approximate surface area is 97.4 Å². The number of carbonyl (C=O) groups excluding carboxylic acids is 2. The summed E-state index contributed by atoms with van der Waals surface area (Å²) >= 11 is 0. The molecule has 0 radical (unpaired) electrons. The van der Waals surface area contributed by atoms with E-state index in [-0.39, 0.29) is 11.8 Å². The van der Waals surface area contributed by atoms with E-state index in [0.717, 1.165) is 12.8 Å². The highest BCUT2D eigenvalue weighted by Gasteiger charge is 2.23. The molecule has 0 atom stereocenters. The standard InChI is InChI=1S/C11H23N3O2/c1-8(2)6-5-7-14-9(10(15)12-3)11(16)13-4/h8-9,14H,5-7H2,1-4H3,(H,12,15)(H,13,16). The molecule has 0 aliphatic rings. The first kappa shape index (κ1) is 14.9. The number of carbonyl (C=O) groups is 2. The minimum absolute atomic E-state index is 0.302. The van der Waals surface area contributed by atoms with Crippen molar-refractivity contribution in [3.8, 4) is 0 Å². The molecule has 0 fully saturated rings. The van der Waals surface area contributed by atoms with Crippen molar-refractivity contribution in [3.63, 3.8) is 0 Å². The van der Waals surface area contributed by atoms with Crippen molar-refractivity contribution in [3.05, 3.63) is 0 Å². The first-order valence-corrected chi connectivity index (χ1v) is 5.69. The molecule has 0 aromatic heterocycles. The molecule has 5 heteroatoms. The SMILES string of the molecule is CNC(=O)C(NCCCC(C)C)C(=O)NC. The third-order valence-electron chi connectivity index (χ3n) is 2.32. The van der Waals surface area contributed by atoms with Gasteiger partial charge in [0, 0.05) is 14.1 Å². The Balaban J connectivity index is 4.03. The van der Waals surface area contributed by atoms with Crippen molar-refractivity contribution in [2.75, 3.05) is 20.6 Å². The van der Waals surface area contributed by atoms with Gasteiger partial charge < -0.3 is 10.6 Å². The molecule has 0 unspecified atom stereocenters. The summed E-state index contributed by atoms with van der Waals surface area (Å²) < 4.78 is 0. The summed E-state index contributed by atoms with van der Waals surface area (Å²) in [6.07, 6.45) is 2.05. The Morgan fingerprint density at radius 3 is 1.94 bits per heavy atom. The van der Waals surface area contributed by atoms with E-state index in [1.807, 2.05) is 0 Å². The van der Waals surface area contributed by atoms with E-state index in [0.29, 0.717) is 12.5 Å². The molecule has 3 N–H and O–H groups in total. The third-order valence-corrected chi connectivity index (χ3v) is 2.32. The molecule has 0 aromatic rings. The summed E-state index contributed by atoms with van der Waals surface area (Å²) in [5, 5.41) is 7.89. The first-order chi connectivity index (χ1) is 7.52. The van der Waals surface area contributed by atoms with E-state index in [4.69, 9.17) is 0 Å². The van der Waals surface area contributed by atoms with Crippen LogP contribution in [-0.2, 0) is 9.59 Å². The van der Waals surface area contributed by atoms with Crippen molar-refractivity contribution in [2.45, 2.75) is 32.7 Å². The molecule has 0 rings (SSSR count). The summed E-state index contributed by atoms with van der Waals surface area (Å²) in [6, 6.07) is -0.790. The predicted octanol–water partition coefficient (Wildman–Crippen LogP) is -0.127. The second-order valence-electron chi connectivity index (χ2n) is 4.15. The smallest absolute Gasteiger partial charge is 0.246 e. The van der Waals surface area contributed by atoms with Crippen LogP contribution in [0.15, 0.2) is 0 Å². The molecule has 94 valence electrons. The van der Waals surface area contributed by atoms with Crippen LogP contribution in [0.3, 0.4) is 0 Å². The summed E-state index contributed by atoms with van der Waals surface area (Å²) in [6.45, 7) is 4.97. The molecule has 0 aromatic carbocycles. The average molecular weight is 229 g/mol. The van der Waals surface area contributed by atoms with Gasteiger partial charge >= 0.3 is 0 Å². The molecule has 2 amide bonds. The number of hydrogen-bond donors (Lipinski definition) is 3. The lowest BCUT2D eigenvalue weighted by Crippen LogP contribution is -2.52. The van der Waals surface area contributed by atoms with E-state index < -0.39 is 6.04 Å². The molecule has 0 aliphatic carbocycles. The topological polar surface area (TPSA) is 70.2 Å². The Kier molecular flexibility index (Phi) is 7.54. The summed E-state index contributed by atoms with van der Waals surface area (Å²) in [5.41, 5.74) is 0. The predicted molar refractivity (Wildman–Crippen MR) is 64.0 cm³/mol. The second kappa shape index (κ2) is 8.10. The van der Waals surface area contributed by atoms with Crippen LogP contribution in [0, 0.1) is 5.92 Å². The summed E-state index contributed by atoms with van der Waals surface area (Å²) in [4.78, 5) is 22.8. The Morgan fingerprint density at radius 1 is 1.06 bits per heavy atom. The second-order valence-corrected chi connectivity index (χ2v) is 4.15. The molecule has 0 saturated heterocycles. The molecule has 0 bridgehead atoms. The maximum absolute atomic E-state index is 11.4. The van der Waals surface area contributed by atoms with Gasteiger partial charge in [-0.3, -0.25) is 14.9 Å². The average Bonchev–Trinajstić information content (AvgIpc) is 2.27. The Bertz CT molecular complexity index is 213. The van der Waals surface area contributed by atoms with E-state index in [9.17, 15) is 9.59 Å². The number of hydrogen-bond acceptors (Lipinski definition) is 3. The normalized spacial score (nSPS) is 10.6. The minimum Gasteiger partial charge on any atom is -0.357 e. The van der Waals surface area contributed by atoms with Gasteiger partial charge in [-0.15, -0.1) is 0 Å². The van der Waals surface area contributed by atoms with Gasteiger partial charge in [-0.05, 0) is 25.3 Å². The van der Waals surface area contributed by atoms with E-state index in [1.165, 1.54) is 14.1 Å². The minimum atomic E-state index is -0.790. The van der Waals surface area contributed by atoms with Gasteiger partial charge in [0.1, 0.15) is 0 Å². The molecule has 16 heavy (non-hydrogen) atoms. The third kappa shape index (κ3) is 5.70. The number of nitrogens with one attached hydrogen (secondary N) is 3. The van der Waals surface area contributed by atoms with E-state index in [2.05, 4.69) is 29.8 Å². The van der Waals surface area contributed by atoms with Gasteiger partial charge in [0.25, 0.3) is 0 Å². The van der Waals surface area contributed by atoms with E-state index >= 15 is 0 Å². The van der Waals surface area contributed by atoms with Crippen LogP contribution in [0.25, 0.3) is 0 Å². The highest BCUT2D eigenvalue weighted by Crippen LogP contribution is 2.02. The van der Waals surface area contributed by atoms with Gasteiger partial charge in [-0.2, -0.15) is 0 Å². The number of amides is 2. The van der Waals surface area contributed by atoms with Crippen LogP contribution < -0.4 is 16.0 Å². The fourth-order valence-corrected chi connectivity index (χ4v) is 1.35. The van der Waals surface area contributed by atoms with Gasteiger partial charge in [0.15, 0.2) is 6.04 Å². The highest BCUT2D eigenvalue weighted by atomic mass is 16.2. The van der Waals surface area contributed by atoms with Gasteiger partial charge in [-0.1, -0.05) is 13.8 Å². The molecule has 0 spiro atoms. The lowest BCUT2D eigenvalue weighted by molar-refractivity contribution is -0.131. The molecule has 5 nitrogen and oxygen atoms in total. The zero-order valence-electron chi connectivity index (χ0n) is 10.6. The first-order valence-electron chi connectivity index (χ1n) is 5.69. The zero-order valence-corrected chi connectivity index (χ0v) is 10.6. The molecular weight excluding hydrogens is 206 g/mol. The fourth-order valence-electron chi connectivity index (χ4n) is 1.35. The number of rotatable bonds is 7. The molecular formula is C11H23N3O2. The largest absolute Gasteiger partial charge is 0.357 e. The Hall–Kier alpha value is -1.10. The van der Waals surface area contributed by atoms with Crippen molar-refractivity contribution < 1.29 is 9.59 Å². The van der Waals surface area contributed by atoms with Crippen LogP contribution in [0.2, 0.25) is 0 Å². The van der Waals surface area contributed by atoms with Gasteiger partial charge in [0.2, 0.25) is 11.8 Å². The number of likely N-dealkylation sites (N-methyl/N-ethyl adjacent to an activating group) is 2. The van der Waals surface area contributed by atoms with Crippen LogP contribution in [0.1, 0.15) is 26.7 Å². The van der Waals surface area contributed by atoms with Crippen molar-refractivity contribution in [1.82, 2.24) is 16.0 Å². The van der Waals surface area contributed by atoms with Gasteiger partial charge in [0.05, 0.1) is 0 Å². The quantitative estimate of drug-likeness (QED) is 0.421. The molecule has 0 aliphatic heterocycles. The van der Waals surface area contributed by atoms with Crippen molar-refractivity contribution in [2.24, 2.45) is 5.92 Å². The maximum atomic E-state index is 11.4. The lowest BCUT2D eigenvalue weighted by atomic mass is 10.1. The Morgan fingerprint density at radius 2 is 1.56 bits per heavy atom. The lowest BCUT2D eigenvalue weighted by Gasteiger charge is -2.15.